The normalized spacial score (nSPS) is 11.3. The number of aromatic nitrogens is 1. The van der Waals surface area contributed by atoms with Gasteiger partial charge in [-0.1, -0.05) is 18.1 Å². The Bertz CT molecular complexity index is 800. The molecule has 1 aromatic carbocycles. The van der Waals surface area contributed by atoms with Crippen molar-refractivity contribution in [2.45, 2.75) is 20.0 Å². The molecule has 1 unspecified atom stereocenters. The maximum absolute atomic E-state index is 12.0. The zero-order chi connectivity index (χ0) is 18.4. The Morgan fingerprint density at radius 2 is 2.00 bits per heavy atom. The lowest BCUT2D eigenvalue weighted by molar-refractivity contribution is 0.0520. The summed E-state index contributed by atoms with van der Waals surface area (Å²) in [5, 5.41) is 2.51. The minimum absolute atomic E-state index is 0.158. The number of hydrogen-bond donors (Lipinski definition) is 2. The lowest BCUT2D eigenvalue weighted by Gasteiger charge is -2.15. The number of nitrogens with one attached hydrogen (secondary N) is 2. The molecule has 2 N–H and O–H groups in total. The number of rotatable bonds is 6. The van der Waals surface area contributed by atoms with E-state index < -0.39 is 5.97 Å². The van der Waals surface area contributed by atoms with Crippen LogP contribution < -0.4 is 10.1 Å². The predicted octanol–water partition coefficient (Wildman–Crippen LogP) is 2.67. The quantitative estimate of drug-likeness (QED) is 0.626. The lowest BCUT2D eigenvalue weighted by Crippen LogP contribution is -2.20. The fourth-order valence-electron chi connectivity index (χ4n) is 2.25. The van der Waals surface area contributed by atoms with Crippen LogP contribution in [0.3, 0.4) is 0 Å². The molecule has 2 aromatic rings. The third-order valence-electron chi connectivity index (χ3n) is 3.58. The van der Waals surface area contributed by atoms with Gasteiger partial charge in [0.2, 0.25) is 0 Å². The number of aromatic amines is 1. The van der Waals surface area contributed by atoms with E-state index in [4.69, 9.17) is 15.9 Å². The van der Waals surface area contributed by atoms with E-state index >= 15 is 0 Å². The Balaban J connectivity index is 2.28. The molecule has 0 aliphatic carbocycles. The maximum atomic E-state index is 12.0. The highest BCUT2D eigenvalue weighted by atomic mass is 16.5. The first-order valence-electron chi connectivity index (χ1n) is 7.85. The predicted molar refractivity (Wildman–Crippen MR) is 93.6 cm³/mol. The second-order valence-electron chi connectivity index (χ2n) is 5.25. The van der Waals surface area contributed by atoms with Crippen molar-refractivity contribution in [1.82, 2.24) is 10.3 Å². The summed E-state index contributed by atoms with van der Waals surface area (Å²) in [7, 11) is 1.50. The third-order valence-corrected chi connectivity index (χ3v) is 3.58. The minimum atomic E-state index is -0.548. The summed E-state index contributed by atoms with van der Waals surface area (Å²) in [6.07, 6.45) is 5.00. The van der Waals surface area contributed by atoms with Crippen molar-refractivity contribution in [3.05, 3.63) is 52.8 Å². The van der Waals surface area contributed by atoms with Crippen LogP contribution in [-0.2, 0) is 4.74 Å². The average Bonchev–Trinajstić information content (AvgIpc) is 3.05. The Morgan fingerprint density at radius 3 is 2.56 bits per heavy atom. The largest absolute Gasteiger partial charge is 0.484 e. The first kappa shape index (κ1) is 18.1. The standard InChI is InChI=1S/C19H20N2O4/c1-5-13-7-9-14(10-8-13)12(3)25-16-11-15(19(23)24-6-2)21-17(16)18(22)20-4/h1,7-12,21H,6H2,2-4H3,(H,20,22). The first-order chi connectivity index (χ1) is 12.0. The fraction of sp³-hybridized carbons (Fsp3) is 0.263. The van der Waals surface area contributed by atoms with Gasteiger partial charge in [-0.3, -0.25) is 4.79 Å². The minimum Gasteiger partial charge on any atom is -0.484 e. The van der Waals surface area contributed by atoms with Crippen LogP contribution in [-0.4, -0.2) is 30.5 Å². The highest BCUT2D eigenvalue weighted by Crippen LogP contribution is 2.27. The molecule has 0 aliphatic heterocycles. The van der Waals surface area contributed by atoms with Gasteiger partial charge < -0.3 is 19.8 Å². The van der Waals surface area contributed by atoms with Crippen LogP contribution in [0.25, 0.3) is 0 Å². The first-order valence-corrected chi connectivity index (χ1v) is 7.85. The van der Waals surface area contributed by atoms with Crippen LogP contribution in [0.5, 0.6) is 5.75 Å². The number of carbonyl (C=O) groups is 2. The van der Waals surface area contributed by atoms with Gasteiger partial charge in [-0.25, -0.2) is 4.79 Å². The highest BCUT2D eigenvalue weighted by Gasteiger charge is 2.22. The van der Waals surface area contributed by atoms with E-state index in [1.807, 2.05) is 31.2 Å². The van der Waals surface area contributed by atoms with Gasteiger partial charge in [-0.2, -0.15) is 0 Å². The monoisotopic (exact) mass is 340 g/mol. The van der Waals surface area contributed by atoms with Crippen molar-refractivity contribution in [2.24, 2.45) is 0 Å². The van der Waals surface area contributed by atoms with E-state index in [0.29, 0.717) is 0 Å². The van der Waals surface area contributed by atoms with E-state index in [9.17, 15) is 9.59 Å². The molecule has 0 fully saturated rings. The average molecular weight is 340 g/mol. The Kier molecular flexibility index (Phi) is 5.85. The number of amides is 1. The molecular weight excluding hydrogens is 320 g/mol. The molecular formula is C19H20N2O4. The Morgan fingerprint density at radius 1 is 1.32 bits per heavy atom. The molecule has 6 nitrogen and oxygen atoms in total. The number of benzene rings is 1. The molecule has 0 bridgehead atoms. The molecule has 0 radical (unpaired) electrons. The number of ether oxygens (including phenoxy) is 2. The summed E-state index contributed by atoms with van der Waals surface area (Å²) < 4.78 is 10.8. The highest BCUT2D eigenvalue weighted by molar-refractivity contribution is 5.98. The van der Waals surface area contributed by atoms with Crippen LogP contribution in [0.4, 0.5) is 0 Å². The number of terminal acetylenes is 1. The molecule has 130 valence electrons. The fourth-order valence-corrected chi connectivity index (χ4v) is 2.25. The van der Waals surface area contributed by atoms with E-state index in [0.717, 1.165) is 11.1 Å². The van der Waals surface area contributed by atoms with Gasteiger partial charge in [0, 0.05) is 18.7 Å². The van der Waals surface area contributed by atoms with Crippen molar-refractivity contribution in [2.75, 3.05) is 13.7 Å². The number of esters is 1. The number of hydrogen-bond acceptors (Lipinski definition) is 4. The van der Waals surface area contributed by atoms with Gasteiger partial charge >= 0.3 is 5.97 Å². The molecule has 1 aromatic heterocycles. The van der Waals surface area contributed by atoms with E-state index in [-0.39, 0.29) is 35.8 Å². The summed E-state index contributed by atoms with van der Waals surface area (Å²) >= 11 is 0. The third kappa shape index (κ3) is 4.21. The molecule has 1 amide bonds. The Hall–Kier alpha value is -3.20. The molecule has 1 atom stereocenters. The SMILES string of the molecule is C#Cc1ccc(C(C)Oc2cc(C(=O)OCC)[nH]c2C(=O)NC)cc1. The summed E-state index contributed by atoms with van der Waals surface area (Å²) in [5.41, 5.74) is 1.98. The van der Waals surface area contributed by atoms with Crippen molar-refractivity contribution in [3.8, 4) is 18.1 Å². The van der Waals surface area contributed by atoms with Gasteiger partial charge in [-0.15, -0.1) is 6.42 Å². The second-order valence-corrected chi connectivity index (χ2v) is 5.25. The van der Waals surface area contributed by atoms with Gasteiger partial charge in [-0.05, 0) is 31.5 Å². The van der Waals surface area contributed by atoms with Crippen molar-refractivity contribution >= 4 is 11.9 Å². The van der Waals surface area contributed by atoms with E-state index in [1.165, 1.54) is 13.1 Å². The number of carbonyl (C=O) groups excluding carboxylic acids is 2. The van der Waals surface area contributed by atoms with Crippen LogP contribution in [0.2, 0.25) is 0 Å². The zero-order valence-electron chi connectivity index (χ0n) is 14.4. The summed E-state index contributed by atoms with van der Waals surface area (Å²) in [6.45, 7) is 3.79. The van der Waals surface area contributed by atoms with Crippen molar-refractivity contribution < 1.29 is 19.1 Å². The van der Waals surface area contributed by atoms with Gasteiger partial charge in [0.05, 0.1) is 6.61 Å². The molecule has 25 heavy (non-hydrogen) atoms. The van der Waals surface area contributed by atoms with Gasteiger partial charge in [0.25, 0.3) is 5.91 Å². The van der Waals surface area contributed by atoms with Crippen LogP contribution in [0.15, 0.2) is 30.3 Å². The zero-order valence-corrected chi connectivity index (χ0v) is 14.4. The van der Waals surface area contributed by atoms with Gasteiger partial charge in [0.1, 0.15) is 17.5 Å². The summed E-state index contributed by atoms with van der Waals surface area (Å²) in [6, 6.07) is 8.82. The van der Waals surface area contributed by atoms with Crippen LogP contribution in [0, 0.1) is 12.3 Å². The molecule has 0 aliphatic rings. The van der Waals surface area contributed by atoms with Gasteiger partial charge in [0.15, 0.2) is 5.75 Å². The summed E-state index contributed by atoms with van der Waals surface area (Å²) in [5.74, 6) is 1.89. The van der Waals surface area contributed by atoms with Crippen molar-refractivity contribution in [3.63, 3.8) is 0 Å². The molecule has 0 spiro atoms. The van der Waals surface area contributed by atoms with Crippen molar-refractivity contribution in [1.29, 1.82) is 0 Å². The molecule has 0 saturated carbocycles. The Labute approximate surface area is 146 Å². The van der Waals surface area contributed by atoms with Crippen LogP contribution >= 0.6 is 0 Å². The molecule has 0 saturated heterocycles. The summed E-state index contributed by atoms with van der Waals surface area (Å²) in [4.78, 5) is 26.7. The molecule has 2 rings (SSSR count). The topological polar surface area (TPSA) is 80.4 Å². The molecule has 1 heterocycles. The van der Waals surface area contributed by atoms with Crippen LogP contribution in [0.1, 0.15) is 52.1 Å². The number of H-pyrrole nitrogens is 1. The maximum Gasteiger partial charge on any atom is 0.354 e. The molecule has 6 heteroatoms. The smallest absolute Gasteiger partial charge is 0.354 e. The second kappa shape index (κ2) is 8.06. The van der Waals surface area contributed by atoms with E-state index in [2.05, 4.69) is 16.2 Å². The lowest BCUT2D eigenvalue weighted by atomic mass is 10.1. The van der Waals surface area contributed by atoms with E-state index in [1.54, 1.807) is 6.92 Å².